The van der Waals surface area contributed by atoms with Crippen LogP contribution in [0.3, 0.4) is 0 Å². The van der Waals surface area contributed by atoms with Gasteiger partial charge in [0, 0.05) is 18.1 Å². The summed E-state index contributed by atoms with van der Waals surface area (Å²) in [5, 5.41) is 9.26. The van der Waals surface area contributed by atoms with Gasteiger partial charge >= 0.3 is 5.97 Å². The summed E-state index contributed by atoms with van der Waals surface area (Å²) in [5.41, 5.74) is 1.18. The number of rotatable bonds is 7. The Bertz CT molecular complexity index is 500. The van der Waals surface area contributed by atoms with Crippen molar-refractivity contribution in [3.8, 4) is 6.07 Å². The van der Waals surface area contributed by atoms with E-state index in [0.29, 0.717) is 35.5 Å². The molecule has 5 nitrogen and oxygen atoms in total. The van der Waals surface area contributed by atoms with Gasteiger partial charge in [-0.3, -0.25) is 4.79 Å². The number of hydrogen-bond acceptors (Lipinski definition) is 5. The van der Waals surface area contributed by atoms with Crippen LogP contribution in [0.25, 0.3) is 0 Å². The summed E-state index contributed by atoms with van der Waals surface area (Å²) in [6.07, 6.45) is 0. The number of anilines is 1. The molecule has 0 aromatic heterocycles. The fourth-order valence-electron chi connectivity index (χ4n) is 1.74. The van der Waals surface area contributed by atoms with Crippen LogP contribution in [0.1, 0.15) is 12.5 Å². The lowest BCUT2D eigenvalue weighted by Crippen LogP contribution is -2.34. The van der Waals surface area contributed by atoms with Crippen molar-refractivity contribution in [2.24, 2.45) is 0 Å². The van der Waals surface area contributed by atoms with E-state index in [0.717, 1.165) is 0 Å². The first kappa shape index (κ1) is 16.5. The third-order valence-electron chi connectivity index (χ3n) is 2.63. The van der Waals surface area contributed by atoms with Crippen molar-refractivity contribution in [2.45, 2.75) is 6.92 Å². The maximum absolute atomic E-state index is 11.7. The van der Waals surface area contributed by atoms with E-state index in [9.17, 15) is 10.1 Å². The summed E-state index contributed by atoms with van der Waals surface area (Å²) < 4.78 is 10.7. The van der Waals surface area contributed by atoms with E-state index in [-0.39, 0.29) is 12.5 Å². The van der Waals surface area contributed by atoms with Crippen LogP contribution in [0.5, 0.6) is 0 Å². The number of halogens is 1. The zero-order valence-electron chi connectivity index (χ0n) is 11.6. The van der Waals surface area contributed by atoms with Crippen LogP contribution in [0, 0.1) is 11.3 Å². The molecule has 0 saturated carbocycles. The van der Waals surface area contributed by atoms with E-state index in [1.807, 2.05) is 6.07 Å². The predicted octanol–water partition coefficient (Wildman–Crippen LogP) is 2.34. The second kappa shape index (κ2) is 8.56. The van der Waals surface area contributed by atoms with Gasteiger partial charge in [-0.15, -0.1) is 0 Å². The number of carbonyl (C=O) groups is 1. The smallest absolute Gasteiger partial charge is 0.325 e. The summed E-state index contributed by atoms with van der Waals surface area (Å²) >= 11 is 3.34. The average Bonchev–Trinajstić information content (AvgIpc) is 2.43. The first-order valence-corrected chi connectivity index (χ1v) is 7.01. The van der Waals surface area contributed by atoms with Gasteiger partial charge in [-0.25, -0.2) is 0 Å². The fourth-order valence-corrected chi connectivity index (χ4v) is 2.18. The zero-order chi connectivity index (χ0) is 15.0. The molecule has 0 aliphatic rings. The molecule has 0 unspecified atom stereocenters. The predicted molar refractivity (Wildman–Crippen MR) is 79.6 cm³/mol. The van der Waals surface area contributed by atoms with Gasteiger partial charge in [-0.05, 0) is 35.0 Å². The molecule has 108 valence electrons. The highest BCUT2D eigenvalue weighted by molar-refractivity contribution is 9.10. The van der Waals surface area contributed by atoms with Gasteiger partial charge in [0.15, 0.2) is 0 Å². The number of carbonyl (C=O) groups excluding carboxylic acids is 1. The number of benzene rings is 1. The highest BCUT2D eigenvalue weighted by Gasteiger charge is 2.17. The third-order valence-corrected chi connectivity index (χ3v) is 3.30. The Morgan fingerprint density at radius 1 is 1.50 bits per heavy atom. The first-order valence-electron chi connectivity index (χ1n) is 6.22. The van der Waals surface area contributed by atoms with Crippen molar-refractivity contribution in [1.82, 2.24) is 0 Å². The van der Waals surface area contributed by atoms with Crippen molar-refractivity contribution in [3.05, 3.63) is 28.2 Å². The topological polar surface area (TPSA) is 62.6 Å². The lowest BCUT2D eigenvalue weighted by atomic mass is 10.1. The number of hydrogen-bond donors (Lipinski definition) is 0. The maximum Gasteiger partial charge on any atom is 0.325 e. The van der Waals surface area contributed by atoms with E-state index in [1.165, 1.54) is 0 Å². The maximum atomic E-state index is 11.7. The minimum Gasteiger partial charge on any atom is -0.465 e. The molecule has 1 rings (SSSR count). The van der Waals surface area contributed by atoms with Crippen molar-refractivity contribution >= 4 is 27.6 Å². The van der Waals surface area contributed by atoms with Gasteiger partial charge in [0.2, 0.25) is 0 Å². The first-order chi connectivity index (χ1) is 9.63. The SMILES string of the molecule is CCOC(=O)CN(CCOC)c1cccc(Br)c1C#N. The molecule has 20 heavy (non-hydrogen) atoms. The average molecular weight is 341 g/mol. The molecule has 0 aliphatic carbocycles. The lowest BCUT2D eigenvalue weighted by molar-refractivity contribution is -0.141. The summed E-state index contributed by atoms with van der Waals surface area (Å²) in [4.78, 5) is 13.5. The van der Waals surface area contributed by atoms with Gasteiger partial charge < -0.3 is 14.4 Å². The number of nitrogens with zero attached hydrogens (tertiary/aromatic N) is 2. The monoisotopic (exact) mass is 340 g/mol. The van der Waals surface area contributed by atoms with E-state index in [2.05, 4.69) is 22.0 Å². The Morgan fingerprint density at radius 3 is 2.85 bits per heavy atom. The minimum absolute atomic E-state index is 0.0856. The Balaban J connectivity index is 3.01. The summed E-state index contributed by atoms with van der Waals surface area (Å²) in [5.74, 6) is -0.326. The van der Waals surface area contributed by atoms with Crippen LogP contribution in [0.15, 0.2) is 22.7 Å². The largest absolute Gasteiger partial charge is 0.465 e. The molecule has 1 aromatic rings. The van der Waals surface area contributed by atoms with Crippen molar-refractivity contribution in [1.29, 1.82) is 5.26 Å². The molecular formula is C14H17BrN2O3. The van der Waals surface area contributed by atoms with Gasteiger partial charge in [0.05, 0.1) is 24.5 Å². The van der Waals surface area contributed by atoms with Gasteiger partial charge in [-0.2, -0.15) is 5.26 Å². The molecule has 0 N–H and O–H groups in total. The number of nitriles is 1. The van der Waals surface area contributed by atoms with Crippen molar-refractivity contribution in [3.63, 3.8) is 0 Å². The molecule has 0 radical (unpaired) electrons. The molecule has 1 aromatic carbocycles. The number of ether oxygens (including phenoxy) is 2. The van der Waals surface area contributed by atoms with Gasteiger partial charge in [-0.1, -0.05) is 6.07 Å². The highest BCUT2D eigenvalue weighted by atomic mass is 79.9. The third kappa shape index (κ3) is 4.51. The summed E-state index contributed by atoms with van der Waals surface area (Å²) in [7, 11) is 1.59. The molecule has 0 amide bonds. The molecule has 0 atom stereocenters. The Hall–Kier alpha value is -1.58. The summed E-state index contributed by atoms with van der Waals surface area (Å²) in [6.45, 7) is 3.14. The minimum atomic E-state index is -0.326. The molecule has 0 fully saturated rings. The zero-order valence-corrected chi connectivity index (χ0v) is 13.1. The van der Waals surface area contributed by atoms with E-state index in [4.69, 9.17) is 9.47 Å². The van der Waals surface area contributed by atoms with Crippen molar-refractivity contribution < 1.29 is 14.3 Å². The summed E-state index contributed by atoms with van der Waals surface area (Å²) in [6, 6.07) is 7.57. The molecule has 0 aliphatic heterocycles. The van der Waals surface area contributed by atoms with Crippen LogP contribution in [-0.2, 0) is 14.3 Å². The molecule has 0 saturated heterocycles. The quantitative estimate of drug-likeness (QED) is 0.713. The standard InChI is InChI=1S/C14H17BrN2O3/c1-3-20-14(18)10-17(7-8-19-2)13-6-4-5-12(15)11(13)9-16/h4-6H,3,7-8,10H2,1-2H3. The molecule has 0 spiro atoms. The molecular weight excluding hydrogens is 324 g/mol. The van der Waals surface area contributed by atoms with Gasteiger partial charge in [0.1, 0.15) is 12.6 Å². The van der Waals surface area contributed by atoms with Crippen LogP contribution < -0.4 is 4.90 Å². The van der Waals surface area contributed by atoms with E-state index < -0.39 is 0 Å². The lowest BCUT2D eigenvalue weighted by Gasteiger charge is -2.24. The van der Waals surface area contributed by atoms with Crippen LogP contribution in [0.4, 0.5) is 5.69 Å². The second-order valence-corrected chi connectivity index (χ2v) is 4.82. The van der Waals surface area contributed by atoms with Crippen LogP contribution in [0.2, 0.25) is 0 Å². The van der Waals surface area contributed by atoms with Gasteiger partial charge in [0.25, 0.3) is 0 Å². The fraction of sp³-hybridized carbons (Fsp3) is 0.429. The molecule has 0 bridgehead atoms. The number of methoxy groups -OCH3 is 1. The number of esters is 1. The normalized spacial score (nSPS) is 9.90. The van der Waals surface area contributed by atoms with E-state index >= 15 is 0 Å². The van der Waals surface area contributed by atoms with E-state index in [1.54, 1.807) is 31.1 Å². The van der Waals surface area contributed by atoms with Crippen LogP contribution >= 0.6 is 15.9 Å². The van der Waals surface area contributed by atoms with Crippen molar-refractivity contribution in [2.75, 3.05) is 38.3 Å². The van der Waals surface area contributed by atoms with Crippen LogP contribution in [-0.4, -0.2) is 39.4 Å². The molecule has 6 heteroatoms. The second-order valence-electron chi connectivity index (χ2n) is 3.97. The Morgan fingerprint density at radius 2 is 2.25 bits per heavy atom. The highest BCUT2D eigenvalue weighted by Crippen LogP contribution is 2.27. The molecule has 0 heterocycles. The Labute approximate surface area is 127 Å². The Kier molecular flexibility index (Phi) is 7.05.